The van der Waals surface area contributed by atoms with E-state index in [1.807, 2.05) is 0 Å². The van der Waals surface area contributed by atoms with Gasteiger partial charge in [0.05, 0.1) is 20.3 Å². The summed E-state index contributed by atoms with van der Waals surface area (Å²) in [6.45, 7) is 0.392. The van der Waals surface area contributed by atoms with Crippen LogP contribution in [0.4, 0.5) is 4.39 Å². The predicted molar refractivity (Wildman–Crippen MR) is 66.2 cm³/mol. The van der Waals surface area contributed by atoms with Crippen LogP contribution in [-0.2, 0) is 9.53 Å². The van der Waals surface area contributed by atoms with E-state index in [0.29, 0.717) is 0 Å². The number of benzene rings is 1. The zero-order valence-corrected chi connectivity index (χ0v) is 10.8. The standard InChI is InChI=1S/C13H14FNO5/c1-19-11-6-8(2-3-9(11)14)12(16)15-4-5-20-7-10(15)13(17)18/h2-3,6,10H,4-5,7H2,1H3,(H,17,18). The fourth-order valence-corrected chi connectivity index (χ4v) is 2.01. The van der Waals surface area contributed by atoms with Crippen LogP contribution in [0.25, 0.3) is 0 Å². The molecule has 1 aromatic rings. The normalized spacial score (nSPS) is 18.7. The third-order valence-corrected chi connectivity index (χ3v) is 3.07. The average Bonchev–Trinajstić information content (AvgIpc) is 2.47. The van der Waals surface area contributed by atoms with Gasteiger partial charge < -0.3 is 19.5 Å². The van der Waals surface area contributed by atoms with Gasteiger partial charge in [-0.3, -0.25) is 4.79 Å². The van der Waals surface area contributed by atoms with Gasteiger partial charge >= 0.3 is 5.97 Å². The third-order valence-electron chi connectivity index (χ3n) is 3.07. The number of ether oxygens (including phenoxy) is 2. The van der Waals surface area contributed by atoms with Crippen molar-refractivity contribution in [2.75, 3.05) is 26.9 Å². The van der Waals surface area contributed by atoms with Crippen LogP contribution in [0.3, 0.4) is 0 Å². The van der Waals surface area contributed by atoms with Crippen molar-refractivity contribution in [3.8, 4) is 5.75 Å². The highest BCUT2D eigenvalue weighted by atomic mass is 19.1. The number of amides is 1. The first-order chi connectivity index (χ1) is 9.54. The minimum atomic E-state index is -1.13. The van der Waals surface area contributed by atoms with Crippen LogP contribution in [0, 0.1) is 5.82 Å². The van der Waals surface area contributed by atoms with Crippen molar-refractivity contribution in [1.29, 1.82) is 0 Å². The summed E-state index contributed by atoms with van der Waals surface area (Å²) >= 11 is 0. The van der Waals surface area contributed by atoms with Crippen molar-refractivity contribution in [1.82, 2.24) is 4.90 Å². The van der Waals surface area contributed by atoms with E-state index in [1.165, 1.54) is 24.1 Å². The lowest BCUT2D eigenvalue weighted by Gasteiger charge is -2.32. The monoisotopic (exact) mass is 283 g/mol. The molecule has 0 aromatic heterocycles. The van der Waals surface area contributed by atoms with E-state index in [0.717, 1.165) is 6.07 Å². The largest absolute Gasteiger partial charge is 0.494 e. The van der Waals surface area contributed by atoms with E-state index < -0.39 is 23.7 Å². The summed E-state index contributed by atoms with van der Waals surface area (Å²) in [7, 11) is 1.29. The fourth-order valence-electron chi connectivity index (χ4n) is 2.01. The molecule has 1 aromatic carbocycles. The van der Waals surface area contributed by atoms with Crippen LogP contribution in [-0.4, -0.2) is 54.8 Å². The molecule has 6 nitrogen and oxygen atoms in total. The molecule has 0 bridgehead atoms. The third kappa shape index (κ3) is 2.72. The number of hydrogen-bond acceptors (Lipinski definition) is 4. The van der Waals surface area contributed by atoms with Gasteiger partial charge in [0.1, 0.15) is 0 Å². The highest BCUT2D eigenvalue weighted by Crippen LogP contribution is 2.20. The second kappa shape index (κ2) is 5.87. The highest BCUT2D eigenvalue weighted by Gasteiger charge is 2.33. The molecule has 0 saturated carbocycles. The number of aliphatic carboxylic acids is 1. The zero-order valence-electron chi connectivity index (χ0n) is 10.8. The highest BCUT2D eigenvalue weighted by molar-refractivity contribution is 5.97. The van der Waals surface area contributed by atoms with Gasteiger partial charge in [-0.05, 0) is 18.2 Å². The summed E-state index contributed by atoms with van der Waals surface area (Å²) in [6.07, 6.45) is 0. The quantitative estimate of drug-likeness (QED) is 0.886. The summed E-state index contributed by atoms with van der Waals surface area (Å²) in [5.74, 6) is -2.26. The molecule has 1 aliphatic rings. The predicted octanol–water partition coefficient (Wildman–Crippen LogP) is 0.760. The molecule has 1 amide bonds. The van der Waals surface area contributed by atoms with Gasteiger partial charge in [0, 0.05) is 12.1 Å². The SMILES string of the molecule is COc1cc(C(=O)N2CCOCC2C(=O)O)ccc1F. The van der Waals surface area contributed by atoms with E-state index in [2.05, 4.69) is 0 Å². The van der Waals surface area contributed by atoms with Crippen LogP contribution < -0.4 is 4.74 Å². The Kier molecular flexibility index (Phi) is 4.19. The zero-order chi connectivity index (χ0) is 14.7. The maximum atomic E-state index is 13.3. The van der Waals surface area contributed by atoms with Crippen molar-refractivity contribution in [2.24, 2.45) is 0 Å². The molecule has 7 heteroatoms. The summed E-state index contributed by atoms with van der Waals surface area (Å²) in [6, 6.07) is 2.63. The molecule has 1 saturated heterocycles. The Morgan fingerprint density at radius 1 is 1.50 bits per heavy atom. The minimum Gasteiger partial charge on any atom is -0.494 e. The molecule has 1 heterocycles. The maximum Gasteiger partial charge on any atom is 0.328 e. The Bertz CT molecular complexity index is 533. The second-order valence-electron chi connectivity index (χ2n) is 4.28. The van der Waals surface area contributed by atoms with Crippen molar-refractivity contribution in [3.05, 3.63) is 29.6 Å². The van der Waals surface area contributed by atoms with Gasteiger partial charge in [-0.15, -0.1) is 0 Å². The first-order valence-corrected chi connectivity index (χ1v) is 5.99. The minimum absolute atomic E-state index is 0.0561. The summed E-state index contributed by atoms with van der Waals surface area (Å²) < 4.78 is 23.2. The smallest absolute Gasteiger partial charge is 0.328 e. The number of halogens is 1. The van der Waals surface area contributed by atoms with Crippen LogP contribution in [0.2, 0.25) is 0 Å². The van der Waals surface area contributed by atoms with E-state index in [4.69, 9.17) is 14.6 Å². The average molecular weight is 283 g/mol. The molecular formula is C13H14FNO5. The molecule has 20 heavy (non-hydrogen) atoms. The molecule has 2 rings (SSSR count). The molecule has 1 unspecified atom stereocenters. The molecule has 108 valence electrons. The Labute approximate surface area is 114 Å². The number of hydrogen-bond donors (Lipinski definition) is 1. The molecule has 1 fully saturated rings. The number of morpholine rings is 1. The number of carbonyl (C=O) groups excluding carboxylic acids is 1. The molecular weight excluding hydrogens is 269 g/mol. The van der Waals surface area contributed by atoms with Gasteiger partial charge in [-0.25, -0.2) is 9.18 Å². The van der Waals surface area contributed by atoms with Crippen molar-refractivity contribution < 1.29 is 28.6 Å². The summed E-state index contributed by atoms with van der Waals surface area (Å²) in [5, 5.41) is 9.09. The molecule has 0 aliphatic carbocycles. The molecule has 1 N–H and O–H groups in total. The number of nitrogens with zero attached hydrogens (tertiary/aromatic N) is 1. The lowest BCUT2D eigenvalue weighted by molar-refractivity contribution is -0.147. The topological polar surface area (TPSA) is 76.1 Å². The van der Waals surface area contributed by atoms with E-state index in [1.54, 1.807) is 0 Å². The number of carboxylic acid groups (broad SMARTS) is 1. The van der Waals surface area contributed by atoms with Crippen molar-refractivity contribution in [2.45, 2.75) is 6.04 Å². The first-order valence-electron chi connectivity index (χ1n) is 5.99. The Balaban J connectivity index is 2.27. The van der Waals surface area contributed by atoms with Gasteiger partial charge in [0.15, 0.2) is 17.6 Å². The Hall–Kier alpha value is -2.15. The lowest BCUT2D eigenvalue weighted by atomic mass is 10.1. The van der Waals surface area contributed by atoms with Crippen molar-refractivity contribution >= 4 is 11.9 Å². The molecule has 0 spiro atoms. The van der Waals surface area contributed by atoms with Gasteiger partial charge in [-0.1, -0.05) is 0 Å². The van der Waals surface area contributed by atoms with Crippen LogP contribution >= 0.6 is 0 Å². The molecule has 1 aliphatic heterocycles. The van der Waals surface area contributed by atoms with Gasteiger partial charge in [0.2, 0.25) is 0 Å². The summed E-state index contributed by atoms with van der Waals surface area (Å²) in [5.41, 5.74) is 0.177. The number of carbonyl (C=O) groups is 2. The van der Waals surface area contributed by atoms with Crippen molar-refractivity contribution in [3.63, 3.8) is 0 Å². The number of methoxy groups -OCH3 is 1. The number of rotatable bonds is 3. The molecule has 1 atom stereocenters. The van der Waals surface area contributed by atoms with Crippen LogP contribution in [0.15, 0.2) is 18.2 Å². The van der Waals surface area contributed by atoms with E-state index in [-0.39, 0.29) is 31.1 Å². The van der Waals surface area contributed by atoms with E-state index in [9.17, 15) is 14.0 Å². The lowest BCUT2D eigenvalue weighted by Crippen LogP contribution is -2.52. The molecule has 0 radical (unpaired) electrons. The van der Waals surface area contributed by atoms with Gasteiger partial charge in [0.25, 0.3) is 5.91 Å². The first kappa shape index (κ1) is 14.3. The fraction of sp³-hybridized carbons (Fsp3) is 0.385. The second-order valence-corrected chi connectivity index (χ2v) is 4.28. The van der Waals surface area contributed by atoms with Gasteiger partial charge in [-0.2, -0.15) is 0 Å². The summed E-state index contributed by atoms with van der Waals surface area (Å²) in [4.78, 5) is 24.6. The van der Waals surface area contributed by atoms with Crippen LogP contribution in [0.5, 0.6) is 5.75 Å². The van der Waals surface area contributed by atoms with E-state index >= 15 is 0 Å². The number of carboxylic acids is 1. The van der Waals surface area contributed by atoms with Crippen LogP contribution in [0.1, 0.15) is 10.4 Å². The Morgan fingerprint density at radius 2 is 2.25 bits per heavy atom. The Morgan fingerprint density at radius 3 is 2.90 bits per heavy atom. The maximum absolute atomic E-state index is 13.3.